The molecule has 0 saturated heterocycles. The molecule has 0 unspecified atom stereocenters. The van der Waals surface area contributed by atoms with E-state index in [1.165, 1.54) is 16.2 Å². The smallest absolute Gasteiger partial charge is 0.252 e. The molecule has 1 amide bonds. The molecule has 1 saturated carbocycles. The zero-order valence-corrected chi connectivity index (χ0v) is 12.8. The zero-order chi connectivity index (χ0) is 15.7. The number of carbonyl (C=O) groups is 1. The summed E-state index contributed by atoms with van der Waals surface area (Å²) in [5.74, 6) is 0.900. The average Bonchev–Trinajstić information content (AvgIpc) is 3.31. The molecule has 1 heterocycles. The molecule has 4 nitrogen and oxygen atoms in total. The first kappa shape index (κ1) is 14.6. The Labute approximate surface area is 129 Å². The predicted octanol–water partition coefficient (Wildman–Crippen LogP) is 2.31. The van der Waals surface area contributed by atoms with Crippen LogP contribution in [0.4, 0.5) is 0 Å². The van der Waals surface area contributed by atoms with E-state index >= 15 is 0 Å². The Morgan fingerprint density at radius 1 is 1.23 bits per heavy atom. The molecule has 1 N–H and O–H groups in total. The van der Waals surface area contributed by atoms with E-state index in [1.807, 2.05) is 13.0 Å². The summed E-state index contributed by atoms with van der Waals surface area (Å²) in [6.45, 7) is 2.05. The predicted molar refractivity (Wildman–Crippen MR) is 85.9 cm³/mol. The third-order valence-corrected chi connectivity index (χ3v) is 4.42. The quantitative estimate of drug-likeness (QED) is 0.941. The highest BCUT2D eigenvalue weighted by atomic mass is 16.2. The molecule has 114 valence electrons. The van der Waals surface area contributed by atoms with Crippen molar-refractivity contribution in [2.45, 2.75) is 25.3 Å². The molecule has 2 aromatic rings. The van der Waals surface area contributed by atoms with Crippen LogP contribution in [-0.2, 0) is 7.05 Å². The number of amides is 1. The van der Waals surface area contributed by atoms with Gasteiger partial charge < -0.3 is 9.88 Å². The van der Waals surface area contributed by atoms with E-state index in [0.717, 1.165) is 6.42 Å². The van der Waals surface area contributed by atoms with Gasteiger partial charge in [0.2, 0.25) is 5.56 Å². The molecule has 0 radical (unpaired) electrons. The van der Waals surface area contributed by atoms with Gasteiger partial charge in [0.25, 0.3) is 5.91 Å². The summed E-state index contributed by atoms with van der Waals surface area (Å²) < 4.78 is 1.42. The topological polar surface area (TPSA) is 51.1 Å². The Kier molecular flexibility index (Phi) is 3.84. The van der Waals surface area contributed by atoms with Crippen molar-refractivity contribution < 1.29 is 4.79 Å². The zero-order valence-electron chi connectivity index (χ0n) is 12.8. The van der Waals surface area contributed by atoms with Crippen LogP contribution in [0.15, 0.2) is 53.5 Å². The fourth-order valence-corrected chi connectivity index (χ4v) is 2.98. The summed E-state index contributed by atoms with van der Waals surface area (Å²) in [7, 11) is 1.65. The first-order valence-corrected chi connectivity index (χ1v) is 7.59. The maximum atomic E-state index is 12.3. The summed E-state index contributed by atoms with van der Waals surface area (Å²) in [5.41, 5.74) is 1.75. The van der Waals surface area contributed by atoms with Crippen molar-refractivity contribution in [3.63, 3.8) is 0 Å². The number of rotatable bonds is 4. The Hall–Kier alpha value is -2.36. The third-order valence-electron chi connectivity index (χ3n) is 4.42. The molecule has 1 fully saturated rings. The van der Waals surface area contributed by atoms with Crippen LogP contribution in [0.3, 0.4) is 0 Å². The van der Waals surface area contributed by atoms with Crippen LogP contribution in [0, 0.1) is 5.92 Å². The van der Waals surface area contributed by atoms with Gasteiger partial charge in [0.05, 0.1) is 5.56 Å². The SMILES string of the molecule is C[C@H](NC(=O)c1ccc(=O)n(C)c1)[C@H]1C[C@@H]1c1ccccc1. The van der Waals surface area contributed by atoms with E-state index < -0.39 is 0 Å². The minimum absolute atomic E-state index is 0.115. The van der Waals surface area contributed by atoms with Crippen LogP contribution in [0.1, 0.15) is 35.2 Å². The van der Waals surface area contributed by atoms with E-state index in [1.54, 1.807) is 19.3 Å². The van der Waals surface area contributed by atoms with Gasteiger partial charge in [0.15, 0.2) is 0 Å². The fraction of sp³-hybridized carbons (Fsp3) is 0.333. The van der Waals surface area contributed by atoms with Crippen LogP contribution in [0.25, 0.3) is 0 Å². The van der Waals surface area contributed by atoms with E-state index in [0.29, 0.717) is 17.4 Å². The molecule has 22 heavy (non-hydrogen) atoms. The fourth-order valence-electron chi connectivity index (χ4n) is 2.98. The Bertz CT molecular complexity index is 736. The van der Waals surface area contributed by atoms with E-state index in [-0.39, 0.29) is 17.5 Å². The van der Waals surface area contributed by atoms with Crippen LogP contribution in [-0.4, -0.2) is 16.5 Å². The second-order valence-corrected chi connectivity index (χ2v) is 6.05. The lowest BCUT2D eigenvalue weighted by atomic mass is 10.1. The summed E-state index contributed by atoms with van der Waals surface area (Å²) >= 11 is 0. The minimum Gasteiger partial charge on any atom is -0.349 e. The van der Waals surface area contributed by atoms with Crippen molar-refractivity contribution in [3.8, 4) is 0 Å². The number of hydrogen-bond donors (Lipinski definition) is 1. The molecular weight excluding hydrogens is 276 g/mol. The van der Waals surface area contributed by atoms with Crippen molar-refractivity contribution in [1.29, 1.82) is 0 Å². The molecule has 1 aromatic carbocycles. The van der Waals surface area contributed by atoms with E-state index in [2.05, 4.69) is 29.6 Å². The van der Waals surface area contributed by atoms with Gasteiger partial charge in [-0.2, -0.15) is 0 Å². The molecule has 1 aliphatic rings. The second-order valence-electron chi connectivity index (χ2n) is 6.05. The van der Waals surface area contributed by atoms with Crippen molar-refractivity contribution >= 4 is 5.91 Å². The molecule has 3 atom stereocenters. The second kappa shape index (κ2) is 5.79. The lowest BCUT2D eigenvalue weighted by molar-refractivity contribution is 0.0934. The van der Waals surface area contributed by atoms with E-state index in [4.69, 9.17) is 0 Å². The van der Waals surface area contributed by atoms with Crippen molar-refractivity contribution in [2.75, 3.05) is 0 Å². The highest BCUT2D eigenvalue weighted by Gasteiger charge is 2.42. The van der Waals surface area contributed by atoms with Crippen molar-refractivity contribution in [2.24, 2.45) is 13.0 Å². The number of pyridine rings is 1. The average molecular weight is 296 g/mol. The van der Waals surface area contributed by atoms with Gasteiger partial charge in [-0.15, -0.1) is 0 Å². The molecule has 0 aliphatic heterocycles. The van der Waals surface area contributed by atoms with Gasteiger partial charge in [-0.3, -0.25) is 9.59 Å². The molecule has 1 aliphatic carbocycles. The maximum Gasteiger partial charge on any atom is 0.252 e. The molecule has 0 bridgehead atoms. The summed E-state index contributed by atoms with van der Waals surface area (Å²) in [6.07, 6.45) is 2.69. The lowest BCUT2D eigenvalue weighted by Gasteiger charge is -2.14. The van der Waals surface area contributed by atoms with Gasteiger partial charge in [-0.1, -0.05) is 30.3 Å². The molecule has 0 spiro atoms. The number of aryl methyl sites for hydroxylation is 1. The van der Waals surface area contributed by atoms with Crippen LogP contribution in [0.5, 0.6) is 0 Å². The summed E-state index contributed by atoms with van der Waals surface area (Å²) in [5, 5.41) is 3.05. The Balaban J connectivity index is 1.63. The van der Waals surface area contributed by atoms with E-state index in [9.17, 15) is 9.59 Å². The van der Waals surface area contributed by atoms with Gasteiger partial charge in [-0.05, 0) is 36.8 Å². The molecule has 1 aromatic heterocycles. The number of hydrogen-bond acceptors (Lipinski definition) is 2. The van der Waals surface area contributed by atoms with Gasteiger partial charge >= 0.3 is 0 Å². The number of aromatic nitrogens is 1. The van der Waals surface area contributed by atoms with Gasteiger partial charge in [0.1, 0.15) is 0 Å². The number of nitrogens with zero attached hydrogens (tertiary/aromatic N) is 1. The normalized spacial score (nSPS) is 21.2. The van der Waals surface area contributed by atoms with Crippen LogP contribution < -0.4 is 10.9 Å². The van der Waals surface area contributed by atoms with Gasteiger partial charge in [-0.25, -0.2) is 0 Å². The first-order valence-electron chi connectivity index (χ1n) is 7.59. The molecule has 3 rings (SSSR count). The van der Waals surface area contributed by atoms with Crippen LogP contribution >= 0.6 is 0 Å². The third kappa shape index (κ3) is 2.96. The standard InChI is InChI=1S/C18H20N2O2/c1-12(15-10-16(15)13-6-4-3-5-7-13)19-18(22)14-8-9-17(21)20(2)11-14/h3-9,11-12,15-16H,10H2,1-2H3,(H,19,22)/t12-,15+,16+/m0/s1. The minimum atomic E-state index is -0.123. The molecular formula is C18H20N2O2. The monoisotopic (exact) mass is 296 g/mol. The summed E-state index contributed by atoms with van der Waals surface area (Å²) in [6, 6.07) is 13.5. The van der Waals surface area contributed by atoms with Crippen LogP contribution in [0.2, 0.25) is 0 Å². The number of nitrogens with one attached hydrogen (secondary N) is 1. The molecule has 4 heteroatoms. The van der Waals surface area contributed by atoms with Gasteiger partial charge in [0, 0.05) is 25.4 Å². The highest BCUT2D eigenvalue weighted by Crippen LogP contribution is 2.49. The maximum absolute atomic E-state index is 12.3. The first-order chi connectivity index (χ1) is 10.6. The number of carbonyl (C=O) groups excluding carboxylic acids is 1. The van der Waals surface area contributed by atoms with Crippen molar-refractivity contribution in [3.05, 3.63) is 70.1 Å². The Morgan fingerprint density at radius 3 is 2.64 bits per heavy atom. The summed E-state index contributed by atoms with van der Waals surface area (Å²) in [4.78, 5) is 23.6. The number of benzene rings is 1. The Morgan fingerprint density at radius 2 is 1.95 bits per heavy atom. The lowest BCUT2D eigenvalue weighted by Crippen LogP contribution is -2.35. The van der Waals surface area contributed by atoms with Crippen molar-refractivity contribution in [1.82, 2.24) is 9.88 Å². The highest BCUT2D eigenvalue weighted by molar-refractivity contribution is 5.94. The largest absolute Gasteiger partial charge is 0.349 e.